The van der Waals surface area contributed by atoms with Gasteiger partial charge in [0.15, 0.2) is 0 Å². The highest BCUT2D eigenvalue weighted by Crippen LogP contribution is 2.24. The highest BCUT2D eigenvalue weighted by atomic mass is 15.4. The summed E-state index contributed by atoms with van der Waals surface area (Å²) >= 11 is 0. The lowest BCUT2D eigenvalue weighted by atomic mass is 10.2. The molecular formula is C11H17N5. The summed E-state index contributed by atoms with van der Waals surface area (Å²) in [5, 5.41) is 16.8. The van der Waals surface area contributed by atoms with Crippen LogP contribution in [0.5, 0.6) is 0 Å². The number of hydrogen-bond donors (Lipinski definition) is 1. The minimum atomic E-state index is 0.460. The van der Waals surface area contributed by atoms with E-state index in [9.17, 15) is 0 Å². The molecule has 1 aliphatic rings. The standard InChI is InChI=1S/C11H17N5/c1-8-10(6-12)11(16(3)14-8)15(2)9-4-5-13-7-9/h9,13H,4-5,7H2,1-3H3. The predicted molar refractivity (Wildman–Crippen MR) is 62.3 cm³/mol. The zero-order chi connectivity index (χ0) is 11.7. The molecule has 1 aromatic rings. The SMILES string of the molecule is Cc1nn(C)c(N(C)C2CCNC2)c1C#N. The molecule has 0 spiro atoms. The van der Waals surface area contributed by atoms with Crippen molar-refractivity contribution in [3.05, 3.63) is 11.3 Å². The van der Waals surface area contributed by atoms with Gasteiger partial charge in [-0.3, -0.25) is 4.68 Å². The number of rotatable bonds is 2. The summed E-state index contributed by atoms with van der Waals surface area (Å²) in [7, 11) is 3.93. The topological polar surface area (TPSA) is 56.9 Å². The van der Waals surface area contributed by atoms with Gasteiger partial charge < -0.3 is 10.2 Å². The Hall–Kier alpha value is -1.54. The van der Waals surface area contributed by atoms with E-state index in [1.165, 1.54) is 0 Å². The molecular weight excluding hydrogens is 202 g/mol. The maximum absolute atomic E-state index is 9.16. The highest BCUT2D eigenvalue weighted by Gasteiger charge is 2.25. The Balaban J connectivity index is 2.35. The first-order valence-electron chi connectivity index (χ1n) is 5.52. The van der Waals surface area contributed by atoms with Crippen LogP contribution in [-0.4, -0.2) is 36.0 Å². The fourth-order valence-electron chi connectivity index (χ4n) is 2.32. The molecule has 2 rings (SSSR count). The van der Waals surface area contributed by atoms with E-state index in [0.29, 0.717) is 11.6 Å². The van der Waals surface area contributed by atoms with E-state index in [2.05, 4.69) is 21.4 Å². The first-order valence-corrected chi connectivity index (χ1v) is 5.52. The van der Waals surface area contributed by atoms with E-state index in [4.69, 9.17) is 5.26 Å². The number of hydrogen-bond acceptors (Lipinski definition) is 4. The van der Waals surface area contributed by atoms with Gasteiger partial charge in [-0.1, -0.05) is 0 Å². The molecule has 0 amide bonds. The quantitative estimate of drug-likeness (QED) is 0.782. The van der Waals surface area contributed by atoms with Crippen molar-refractivity contribution in [2.45, 2.75) is 19.4 Å². The van der Waals surface area contributed by atoms with E-state index in [1.54, 1.807) is 4.68 Å². The van der Waals surface area contributed by atoms with Gasteiger partial charge in [-0.2, -0.15) is 10.4 Å². The van der Waals surface area contributed by atoms with Crippen LogP contribution in [0.3, 0.4) is 0 Å². The smallest absolute Gasteiger partial charge is 0.145 e. The average molecular weight is 219 g/mol. The molecule has 1 fully saturated rings. The van der Waals surface area contributed by atoms with Gasteiger partial charge in [0.2, 0.25) is 0 Å². The lowest BCUT2D eigenvalue weighted by Crippen LogP contribution is -2.35. The fourth-order valence-corrected chi connectivity index (χ4v) is 2.32. The first kappa shape index (κ1) is 11.0. The van der Waals surface area contributed by atoms with E-state index in [-0.39, 0.29) is 0 Å². The summed E-state index contributed by atoms with van der Waals surface area (Å²) in [5.74, 6) is 0.925. The van der Waals surface area contributed by atoms with Crippen molar-refractivity contribution >= 4 is 5.82 Å². The van der Waals surface area contributed by atoms with Gasteiger partial charge in [0.25, 0.3) is 0 Å². The lowest BCUT2D eigenvalue weighted by molar-refractivity contribution is 0.644. The number of nitrogens with zero attached hydrogens (tertiary/aromatic N) is 4. The monoisotopic (exact) mass is 219 g/mol. The van der Waals surface area contributed by atoms with Crippen molar-refractivity contribution in [1.29, 1.82) is 5.26 Å². The second-order valence-corrected chi connectivity index (χ2v) is 4.28. The van der Waals surface area contributed by atoms with Gasteiger partial charge in [-0.15, -0.1) is 0 Å². The zero-order valence-corrected chi connectivity index (χ0v) is 9.99. The predicted octanol–water partition coefficient (Wildman–Crippen LogP) is 0.398. The molecule has 86 valence electrons. The summed E-state index contributed by atoms with van der Waals surface area (Å²) < 4.78 is 1.80. The number of anilines is 1. The van der Waals surface area contributed by atoms with E-state index in [0.717, 1.165) is 31.0 Å². The fraction of sp³-hybridized carbons (Fsp3) is 0.636. The molecule has 0 aromatic carbocycles. The molecule has 0 bridgehead atoms. The number of aryl methyl sites for hydroxylation is 2. The van der Waals surface area contributed by atoms with Crippen molar-refractivity contribution in [2.24, 2.45) is 7.05 Å². The Morgan fingerprint density at radius 3 is 2.94 bits per heavy atom. The van der Waals surface area contributed by atoms with Gasteiger partial charge in [-0.25, -0.2) is 0 Å². The summed E-state index contributed by atoms with van der Waals surface area (Å²) in [4.78, 5) is 2.17. The highest BCUT2D eigenvalue weighted by molar-refractivity contribution is 5.57. The Morgan fingerprint density at radius 2 is 2.38 bits per heavy atom. The van der Waals surface area contributed by atoms with Crippen LogP contribution in [0.15, 0.2) is 0 Å². The van der Waals surface area contributed by atoms with E-state index < -0.39 is 0 Å². The number of likely N-dealkylation sites (N-methyl/N-ethyl adjacent to an activating group) is 1. The van der Waals surface area contributed by atoms with Gasteiger partial charge in [0, 0.05) is 26.7 Å². The van der Waals surface area contributed by atoms with Crippen LogP contribution in [0.1, 0.15) is 17.7 Å². The van der Waals surface area contributed by atoms with Crippen molar-refractivity contribution < 1.29 is 0 Å². The Bertz CT molecular complexity index is 422. The second-order valence-electron chi connectivity index (χ2n) is 4.28. The number of nitrogens with one attached hydrogen (secondary N) is 1. The lowest BCUT2D eigenvalue weighted by Gasteiger charge is -2.25. The maximum Gasteiger partial charge on any atom is 0.145 e. The Kier molecular flexibility index (Phi) is 2.84. The van der Waals surface area contributed by atoms with Crippen LogP contribution in [-0.2, 0) is 7.05 Å². The molecule has 5 heteroatoms. The van der Waals surface area contributed by atoms with Crippen molar-refractivity contribution in [1.82, 2.24) is 15.1 Å². The summed E-state index contributed by atoms with van der Waals surface area (Å²) in [6.07, 6.45) is 1.12. The molecule has 5 nitrogen and oxygen atoms in total. The van der Waals surface area contributed by atoms with Crippen molar-refractivity contribution in [2.75, 3.05) is 25.0 Å². The van der Waals surface area contributed by atoms with Gasteiger partial charge in [0.05, 0.1) is 5.69 Å². The van der Waals surface area contributed by atoms with Crippen LogP contribution in [0.2, 0.25) is 0 Å². The number of aromatic nitrogens is 2. The Morgan fingerprint density at radius 1 is 1.62 bits per heavy atom. The van der Waals surface area contributed by atoms with Crippen molar-refractivity contribution in [3.63, 3.8) is 0 Å². The largest absolute Gasteiger partial charge is 0.354 e. The number of nitriles is 1. The third-order valence-electron chi connectivity index (χ3n) is 3.22. The molecule has 1 aliphatic heterocycles. The summed E-state index contributed by atoms with van der Waals surface area (Å²) in [6.45, 7) is 3.90. The molecule has 1 aromatic heterocycles. The molecule has 0 aliphatic carbocycles. The molecule has 2 heterocycles. The van der Waals surface area contributed by atoms with Crippen LogP contribution < -0.4 is 10.2 Å². The van der Waals surface area contributed by atoms with Crippen LogP contribution in [0.25, 0.3) is 0 Å². The average Bonchev–Trinajstić information content (AvgIpc) is 2.84. The maximum atomic E-state index is 9.16. The van der Waals surface area contributed by atoms with Crippen LogP contribution in [0.4, 0.5) is 5.82 Å². The zero-order valence-electron chi connectivity index (χ0n) is 9.99. The van der Waals surface area contributed by atoms with E-state index >= 15 is 0 Å². The van der Waals surface area contributed by atoms with Crippen molar-refractivity contribution in [3.8, 4) is 6.07 Å². The normalized spacial score (nSPS) is 19.8. The minimum Gasteiger partial charge on any atom is -0.354 e. The first-order chi connectivity index (χ1) is 7.65. The molecule has 1 saturated heterocycles. The van der Waals surface area contributed by atoms with Crippen LogP contribution >= 0.6 is 0 Å². The van der Waals surface area contributed by atoms with Gasteiger partial charge in [-0.05, 0) is 19.9 Å². The van der Waals surface area contributed by atoms with Gasteiger partial charge in [0.1, 0.15) is 17.5 Å². The van der Waals surface area contributed by atoms with Gasteiger partial charge >= 0.3 is 0 Å². The Labute approximate surface area is 95.7 Å². The summed E-state index contributed by atoms with van der Waals surface area (Å²) in [6, 6.07) is 2.70. The molecule has 1 N–H and O–H groups in total. The third kappa shape index (κ3) is 1.65. The molecule has 16 heavy (non-hydrogen) atoms. The van der Waals surface area contributed by atoms with E-state index in [1.807, 2.05) is 21.0 Å². The molecule has 0 saturated carbocycles. The second kappa shape index (κ2) is 4.14. The molecule has 1 unspecified atom stereocenters. The molecule has 1 atom stereocenters. The summed E-state index contributed by atoms with van der Waals surface area (Å²) in [5.41, 5.74) is 1.50. The van der Waals surface area contributed by atoms with Crippen LogP contribution in [0, 0.1) is 18.3 Å². The third-order valence-corrected chi connectivity index (χ3v) is 3.22. The molecule has 0 radical (unpaired) electrons. The minimum absolute atomic E-state index is 0.460.